The molecule has 6 heteroatoms. The largest absolute Gasteiger partial charge is 0.497 e. The van der Waals surface area contributed by atoms with Crippen molar-refractivity contribution in [1.29, 1.82) is 0 Å². The summed E-state index contributed by atoms with van der Waals surface area (Å²) in [4.78, 5) is 12.2. The molecule has 2 rings (SSSR count). The van der Waals surface area contributed by atoms with E-state index in [0.717, 1.165) is 5.75 Å². The number of carbonyl (C=O) groups excluding carboxylic acids is 1. The van der Waals surface area contributed by atoms with Gasteiger partial charge in [-0.15, -0.1) is 0 Å². The molecule has 2 aromatic rings. The third-order valence-electron chi connectivity index (χ3n) is 3.47. The first-order valence-corrected chi connectivity index (χ1v) is 8.47. The SMILES string of the molecule is CC[C@H](Oc1ccc(Cl)cc1)C(=O)NCCOc1cccc(OC)c1. The Morgan fingerprint density at radius 2 is 1.84 bits per heavy atom. The Morgan fingerprint density at radius 1 is 1.12 bits per heavy atom. The minimum Gasteiger partial charge on any atom is -0.497 e. The zero-order valence-corrected chi connectivity index (χ0v) is 15.1. The summed E-state index contributed by atoms with van der Waals surface area (Å²) in [5, 5.41) is 3.44. The lowest BCUT2D eigenvalue weighted by molar-refractivity contribution is -0.128. The Labute approximate surface area is 152 Å². The van der Waals surface area contributed by atoms with E-state index in [4.69, 9.17) is 25.8 Å². The van der Waals surface area contributed by atoms with Gasteiger partial charge in [-0.3, -0.25) is 4.79 Å². The van der Waals surface area contributed by atoms with Gasteiger partial charge < -0.3 is 19.5 Å². The zero-order chi connectivity index (χ0) is 18.1. The summed E-state index contributed by atoms with van der Waals surface area (Å²) in [5.74, 6) is 1.85. The van der Waals surface area contributed by atoms with Gasteiger partial charge in [-0.2, -0.15) is 0 Å². The normalized spacial score (nSPS) is 11.5. The van der Waals surface area contributed by atoms with Crippen LogP contribution in [0.15, 0.2) is 48.5 Å². The van der Waals surface area contributed by atoms with E-state index in [1.807, 2.05) is 25.1 Å². The van der Waals surface area contributed by atoms with Crippen LogP contribution in [0.1, 0.15) is 13.3 Å². The fourth-order valence-electron chi connectivity index (χ4n) is 2.15. The lowest BCUT2D eigenvalue weighted by Gasteiger charge is -2.17. The van der Waals surface area contributed by atoms with Crippen LogP contribution in [0.4, 0.5) is 0 Å². The minimum atomic E-state index is -0.557. The number of hydrogen-bond acceptors (Lipinski definition) is 4. The average Bonchev–Trinajstić information content (AvgIpc) is 2.64. The molecule has 134 valence electrons. The third kappa shape index (κ3) is 6.19. The second-order valence-electron chi connectivity index (χ2n) is 5.29. The number of carbonyl (C=O) groups is 1. The van der Waals surface area contributed by atoms with E-state index in [-0.39, 0.29) is 5.91 Å². The van der Waals surface area contributed by atoms with Crippen molar-refractivity contribution in [3.05, 3.63) is 53.6 Å². The first-order valence-electron chi connectivity index (χ1n) is 8.09. The Bertz CT molecular complexity index is 675. The van der Waals surface area contributed by atoms with Gasteiger partial charge in [-0.25, -0.2) is 0 Å². The van der Waals surface area contributed by atoms with Gasteiger partial charge in [0.15, 0.2) is 6.10 Å². The van der Waals surface area contributed by atoms with E-state index >= 15 is 0 Å². The van der Waals surface area contributed by atoms with Crippen LogP contribution >= 0.6 is 11.6 Å². The van der Waals surface area contributed by atoms with Crippen LogP contribution in [0.5, 0.6) is 17.2 Å². The number of ether oxygens (including phenoxy) is 3. The van der Waals surface area contributed by atoms with Crippen LogP contribution in [0.25, 0.3) is 0 Å². The molecule has 0 bridgehead atoms. The van der Waals surface area contributed by atoms with E-state index in [9.17, 15) is 4.79 Å². The number of nitrogens with one attached hydrogen (secondary N) is 1. The molecule has 0 aliphatic heterocycles. The molecule has 0 aromatic heterocycles. The molecule has 0 heterocycles. The number of rotatable bonds is 9. The second kappa shape index (κ2) is 9.79. The van der Waals surface area contributed by atoms with Gasteiger partial charge >= 0.3 is 0 Å². The lowest BCUT2D eigenvalue weighted by Crippen LogP contribution is -2.39. The van der Waals surface area contributed by atoms with Crippen LogP contribution < -0.4 is 19.5 Å². The van der Waals surface area contributed by atoms with Gasteiger partial charge in [-0.05, 0) is 42.8 Å². The quantitative estimate of drug-likeness (QED) is 0.690. The Morgan fingerprint density at radius 3 is 2.52 bits per heavy atom. The van der Waals surface area contributed by atoms with Gasteiger partial charge in [-0.1, -0.05) is 24.6 Å². The summed E-state index contributed by atoms with van der Waals surface area (Å²) >= 11 is 5.84. The van der Waals surface area contributed by atoms with Crippen molar-refractivity contribution in [1.82, 2.24) is 5.32 Å². The van der Waals surface area contributed by atoms with Gasteiger partial charge in [0.1, 0.15) is 23.9 Å². The molecule has 0 spiro atoms. The molecule has 5 nitrogen and oxygen atoms in total. The molecule has 1 N–H and O–H groups in total. The van der Waals surface area contributed by atoms with E-state index < -0.39 is 6.10 Å². The lowest BCUT2D eigenvalue weighted by atomic mass is 10.2. The number of amides is 1. The molecule has 0 saturated carbocycles. The molecule has 1 amide bonds. The smallest absolute Gasteiger partial charge is 0.261 e. The fourth-order valence-corrected chi connectivity index (χ4v) is 2.27. The maximum Gasteiger partial charge on any atom is 0.261 e. The second-order valence-corrected chi connectivity index (χ2v) is 5.72. The number of benzene rings is 2. The molecule has 2 aromatic carbocycles. The number of hydrogen-bond donors (Lipinski definition) is 1. The predicted octanol–water partition coefficient (Wildman–Crippen LogP) is 3.70. The highest BCUT2D eigenvalue weighted by Crippen LogP contribution is 2.19. The summed E-state index contributed by atoms with van der Waals surface area (Å²) < 4.78 is 16.4. The highest BCUT2D eigenvalue weighted by molar-refractivity contribution is 6.30. The number of methoxy groups -OCH3 is 1. The molecule has 0 saturated heterocycles. The standard InChI is InChI=1S/C19H22ClNO4/c1-3-18(25-15-9-7-14(20)8-10-15)19(22)21-11-12-24-17-6-4-5-16(13-17)23-2/h4-10,13,18H,3,11-12H2,1-2H3,(H,21,22)/t18-/m0/s1. The van der Waals surface area contributed by atoms with Crippen molar-refractivity contribution in [2.75, 3.05) is 20.3 Å². The number of halogens is 1. The van der Waals surface area contributed by atoms with E-state index in [0.29, 0.717) is 36.1 Å². The van der Waals surface area contributed by atoms with E-state index in [1.165, 1.54) is 0 Å². The molecular weight excluding hydrogens is 342 g/mol. The molecule has 0 fully saturated rings. The van der Waals surface area contributed by atoms with Crippen molar-refractivity contribution >= 4 is 17.5 Å². The minimum absolute atomic E-state index is 0.174. The molecule has 0 radical (unpaired) electrons. The van der Waals surface area contributed by atoms with Gasteiger partial charge in [0.05, 0.1) is 13.7 Å². The maximum atomic E-state index is 12.2. The van der Waals surface area contributed by atoms with Crippen LogP contribution in [-0.4, -0.2) is 32.3 Å². The summed E-state index contributed by atoms with van der Waals surface area (Å²) in [7, 11) is 1.60. The van der Waals surface area contributed by atoms with Crippen molar-refractivity contribution in [3.8, 4) is 17.2 Å². The van der Waals surface area contributed by atoms with Crippen molar-refractivity contribution < 1.29 is 19.0 Å². The highest BCUT2D eigenvalue weighted by atomic mass is 35.5. The first kappa shape index (κ1) is 18.9. The molecule has 1 atom stereocenters. The molecule has 0 aliphatic rings. The molecule has 25 heavy (non-hydrogen) atoms. The summed E-state index contributed by atoms with van der Waals surface area (Å²) in [6.07, 6.45) is 0.00330. The van der Waals surface area contributed by atoms with Crippen molar-refractivity contribution in [2.24, 2.45) is 0 Å². The first-order chi connectivity index (χ1) is 12.1. The summed E-state index contributed by atoms with van der Waals surface area (Å²) in [6.45, 7) is 2.64. The average molecular weight is 364 g/mol. The molecule has 0 unspecified atom stereocenters. The molecule has 0 aliphatic carbocycles. The monoisotopic (exact) mass is 363 g/mol. The van der Waals surface area contributed by atoms with Crippen LogP contribution in [-0.2, 0) is 4.79 Å². The van der Waals surface area contributed by atoms with Gasteiger partial charge in [0, 0.05) is 11.1 Å². The van der Waals surface area contributed by atoms with Crippen LogP contribution in [0.2, 0.25) is 5.02 Å². The third-order valence-corrected chi connectivity index (χ3v) is 3.72. The topological polar surface area (TPSA) is 56.8 Å². The van der Waals surface area contributed by atoms with E-state index in [1.54, 1.807) is 37.4 Å². The van der Waals surface area contributed by atoms with E-state index in [2.05, 4.69) is 5.32 Å². The summed E-state index contributed by atoms with van der Waals surface area (Å²) in [6, 6.07) is 14.2. The Balaban J connectivity index is 1.76. The Hall–Kier alpha value is -2.40. The Kier molecular flexibility index (Phi) is 7.41. The van der Waals surface area contributed by atoms with Gasteiger partial charge in [0.25, 0.3) is 5.91 Å². The van der Waals surface area contributed by atoms with Gasteiger partial charge in [0.2, 0.25) is 0 Å². The van der Waals surface area contributed by atoms with Crippen molar-refractivity contribution in [3.63, 3.8) is 0 Å². The maximum absolute atomic E-state index is 12.2. The highest BCUT2D eigenvalue weighted by Gasteiger charge is 2.17. The zero-order valence-electron chi connectivity index (χ0n) is 14.3. The molecular formula is C19H22ClNO4. The van der Waals surface area contributed by atoms with Crippen LogP contribution in [0, 0.1) is 0 Å². The van der Waals surface area contributed by atoms with Crippen molar-refractivity contribution in [2.45, 2.75) is 19.4 Å². The predicted molar refractivity (Wildman–Crippen MR) is 97.7 cm³/mol. The fraction of sp³-hybridized carbons (Fsp3) is 0.316. The summed E-state index contributed by atoms with van der Waals surface area (Å²) in [5.41, 5.74) is 0. The van der Waals surface area contributed by atoms with Crippen LogP contribution in [0.3, 0.4) is 0 Å².